The van der Waals surface area contributed by atoms with Crippen LogP contribution < -0.4 is 10.1 Å². The molecule has 2 aromatic carbocycles. The number of amides is 1. The normalized spacial score (nSPS) is 14.4. The number of nitrogens with zero attached hydrogens (tertiary/aromatic N) is 1. The van der Waals surface area contributed by atoms with Crippen LogP contribution in [0.5, 0.6) is 5.75 Å². The van der Waals surface area contributed by atoms with Gasteiger partial charge in [-0.1, -0.05) is 29.8 Å². The molecule has 0 bridgehead atoms. The van der Waals surface area contributed by atoms with Crippen molar-refractivity contribution >= 4 is 17.5 Å². The molecular formula is C21H25ClN2O2. The minimum absolute atomic E-state index is 0.0803. The number of aryl methyl sites for hydroxylation is 1. The molecular weight excluding hydrogens is 348 g/mol. The Hall–Kier alpha value is -2.04. The summed E-state index contributed by atoms with van der Waals surface area (Å²) < 4.78 is 5.62. The zero-order valence-corrected chi connectivity index (χ0v) is 15.9. The third-order valence-corrected chi connectivity index (χ3v) is 5.03. The Morgan fingerprint density at radius 1 is 1.15 bits per heavy atom. The lowest BCUT2D eigenvalue weighted by Crippen LogP contribution is -2.28. The second-order valence-electron chi connectivity index (χ2n) is 6.70. The van der Waals surface area contributed by atoms with Gasteiger partial charge in [0.2, 0.25) is 0 Å². The van der Waals surface area contributed by atoms with Gasteiger partial charge in [-0.2, -0.15) is 0 Å². The number of hydrogen-bond donors (Lipinski definition) is 1. The molecule has 0 radical (unpaired) electrons. The highest BCUT2D eigenvalue weighted by Gasteiger charge is 2.12. The Morgan fingerprint density at radius 2 is 1.88 bits per heavy atom. The summed E-state index contributed by atoms with van der Waals surface area (Å²) in [6, 6.07) is 13.4. The number of hydrogen-bond acceptors (Lipinski definition) is 3. The monoisotopic (exact) mass is 372 g/mol. The van der Waals surface area contributed by atoms with Crippen LogP contribution in [0.1, 0.15) is 34.3 Å². The molecule has 2 aromatic rings. The molecule has 1 heterocycles. The maximum absolute atomic E-state index is 12.2. The molecule has 1 fully saturated rings. The highest BCUT2D eigenvalue weighted by molar-refractivity contribution is 6.31. The van der Waals surface area contributed by atoms with Crippen molar-refractivity contribution in [1.82, 2.24) is 10.2 Å². The summed E-state index contributed by atoms with van der Waals surface area (Å²) in [6.07, 6.45) is 2.58. The Balaban J connectivity index is 1.42. The number of carbonyl (C=O) groups excluding carboxylic acids is 1. The second-order valence-corrected chi connectivity index (χ2v) is 7.10. The predicted octanol–water partition coefficient (Wildman–Crippen LogP) is 4.05. The molecule has 1 saturated heterocycles. The van der Waals surface area contributed by atoms with E-state index in [-0.39, 0.29) is 5.91 Å². The van der Waals surface area contributed by atoms with Crippen LogP contribution in [0, 0.1) is 6.92 Å². The summed E-state index contributed by atoms with van der Waals surface area (Å²) in [5.41, 5.74) is 2.94. The topological polar surface area (TPSA) is 41.6 Å². The molecule has 0 saturated carbocycles. The molecule has 0 aromatic heterocycles. The number of halogens is 1. The average Bonchev–Trinajstić information content (AvgIpc) is 3.15. The van der Waals surface area contributed by atoms with Crippen LogP contribution in [-0.4, -0.2) is 37.0 Å². The molecule has 1 N–H and O–H groups in total. The molecule has 4 nitrogen and oxygen atoms in total. The lowest BCUT2D eigenvalue weighted by atomic mass is 10.1. The van der Waals surface area contributed by atoms with E-state index in [1.165, 1.54) is 31.5 Å². The van der Waals surface area contributed by atoms with E-state index in [0.717, 1.165) is 12.1 Å². The van der Waals surface area contributed by atoms with Crippen LogP contribution in [0.4, 0.5) is 0 Å². The second kappa shape index (κ2) is 9.06. The van der Waals surface area contributed by atoms with Crippen molar-refractivity contribution in [2.24, 2.45) is 0 Å². The van der Waals surface area contributed by atoms with Crippen LogP contribution in [-0.2, 0) is 6.54 Å². The number of ether oxygens (including phenoxy) is 1. The molecule has 138 valence electrons. The average molecular weight is 373 g/mol. The van der Waals surface area contributed by atoms with Gasteiger partial charge in [-0.05, 0) is 68.2 Å². The molecule has 26 heavy (non-hydrogen) atoms. The molecule has 5 heteroatoms. The first-order valence-electron chi connectivity index (χ1n) is 9.10. The lowest BCUT2D eigenvalue weighted by Gasteiger charge is -2.14. The number of rotatable bonds is 7. The minimum atomic E-state index is -0.0803. The van der Waals surface area contributed by atoms with Crippen molar-refractivity contribution in [3.8, 4) is 5.75 Å². The molecule has 1 aliphatic rings. The van der Waals surface area contributed by atoms with Crippen molar-refractivity contribution in [2.75, 3.05) is 26.2 Å². The van der Waals surface area contributed by atoms with E-state index < -0.39 is 0 Å². The van der Waals surface area contributed by atoms with Gasteiger partial charge in [-0.15, -0.1) is 0 Å². The highest BCUT2D eigenvalue weighted by atomic mass is 35.5. The van der Waals surface area contributed by atoms with Crippen LogP contribution in [0.3, 0.4) is 0 Å². The first-order chi connectivity index (χ1) is 12.6. The Labute approximate surface area is 160 Å². The smallest absolute Gasteiger partial charge is 0.251 e. The number of benzene rings is 2. The fraction of sp³-hybridized carbons (Fsp3) is 0.381. The van der Waals surface area contributed by atoms with Crippen molar-refractivity contribution in [1.29, 1.82) is 0 Å². The van der Waals surface area contributed by atoms with Crippen molar-refractivity contribution < 1.29 is 9.53 Å². The summed E-state index contributed by atoms with van der Waals surface area (Å²) in [6.45, 7) is 6.11. The molecule has 0 spiro atoms. The van der Waals surface area contributed by atoms with E-state index in [0.29, 0.717) is 29.5 Å². The van der Waals surface area contributed by atoms with E-state index in [9.17, 15) is 4.79 Å². The fourth-order valence-corrected chi connectivity index (χ4v) is 3.23. The molecule has 1 amide bonds. The van der Waals surface area contributed by atoms with E-state index in [4.69, 9.17) is 16.3 Å². The number of carbonyl (C=O) groups is 1. The van der Waals surface area contributed by atoms with E-state index in [1.54, 1.807) is 6.07 Å². The van der Waals surface area contributed by atoms with Crippen LogP contribution in [0.2, 0.25) is 5.02 Å². The van der Waals surface area contributed by atoms with Crippen LogP contribution >= 0.6 is 11.6 Å². The summed E-state index contributed by atoms with van der Waals surface area (Å²) in [5.74, 6) is 0.629. The Morgan fingerprint density at radius 3 is 2.58 bits per heavy atom. The van der Waals surface area contributed by atoms with Gasteiger partial charge in [-0.25, -0.2) is 0 Å². The standard InChI is InChI=1S/C21H25ClN2O2/c1-16-4-9-19(14-20(16)22)26-13-10-23-21(25)18-7-5-17(6-8-18)15-24-11-2-3-12-24/h4-9,14H,2-3,10-13,15H2,1H3,(H,23,25). The summed E-state index contributed by atoms with van der Waals surface area (Å²) >= 11 is 6.07. The SMILES string of the molecule is Cc1ccc(OCCNC(=O)c2ccc(CN3CCCC3)cc2)cc1Cl. The maximum Gasteiger partial charge on any atom is 0.251 e. The maximum atomic E-state index is 12.2. The molecule has 3 rings (SSSR count). The van der Waals surface area contributed by atoms with Gasteiger partial charge in [0.05, 0.1) is 6.54 Å². The zero-order chi connectivity index (χ0) is 18.4. The molecule has 0 unspecified atom stereocenters. The van der Waals surface area contributed by atoms with Gasteiger partial charge < -0.3 is 10.1 Å². The largest absolute Gasteiger partial charge is 0.492 e. The van der Waals surface area contributed by atoms with Crippen molar-refractivity contribution in [3.63, 3.8) is 0 Å². The van der Waals surface area contributed by atoms with Gasteiger partial charge in [0, 0.05) is 17.1 Å². The van der Waals surface area contributed by atoms with Crippen molar-refractivity contribution in [3.05, 3.63) is 64.2 Å². The van der Waals surface area contributed by atoms with Gasteiger partial charge >= 0.3 is 0 Å². The zero-order valence-electron chi connectivity index (χ0n) is 15.1. The van der Waals surface area contributed by atoms with Crippen LogP contribution in [0.25, 0.3) is 0 Å². The molecule has 0 aliphatic carbocycles. The highest BCUT2D eigenvalue weighted by Crippen LogP contribution is 2.21. The van der Waals surface area contributed by atoms with Gasteiger partial charge in [0.15, 0.2) is 0 Å². The molecule has 0 atom stereocenters. The summed E-state index contributed by atoms with van der Waals surface area (Å²) in [5, 5.41) is 3.56. The van der Waals surface area contributed by atoms with Crippen LogP contribution in [0.15, 0.2) is 42.5 Å². The number of likely N-dealkylation sites (tertiary alicyclic amines) is 1. The van der Waals surface area contributed by atoms with Crippen molar-refractivity contribution in [2.45, 2.75) is 26.3 Å². The predicted molar refractivity (Wildman–Crippen MR) is 105 cm³/mol. The van der Waals surface area contributed by atoms with E-state index in [1.807, 2.05) is 43.3 Å². The Kier molecular flexibility index (Phi) is 6.53. The third-order valence-electron chi connectivity index (χ3n) is 4.62. The van der Waals surface area contributed by atoms with Gasteiger partial charge in [-0.3, -0.25) is 9.69 Å². The first kappa shape index (κ1) is 18.7. The number of nitrogens with one attached hydrogen (secondary N) is 1. The third kappa shape index (κ3) is 5.23. The lowest BCUT2D eigenvalue weighted by molar-refractivity contribution is 0.0947. The summed E-state index contributed by atoms with van der Waals surface area (Å²) in [4.78, 5) is 14.7. The Bertz CT molecular complexity index is 740. The van der Waals surface area contributed by atoms with E-state index >= 15 is 0 Å². The summed E-state index contributed by atoms with van der Waals surface area (Å²) in [7, 11) is 0. The van der Waals surface area contributed by atoms with Gasteiger partial charge in [0.25, 0.3) is 5.91 Å². The van der Waals surface area contributed by atoms with E-state index in [2.05, 4.69) is 10.2 Å². The van der Waals surface area contributed by atoms with Gasteiger partial charge in [0.1, 0.15) is 12.4 Å². The minimum Gasteiger partial charge on any atom is -0.492 e. The fourth-order valence-electron chi connectivity index (χ4n) is 3.06. The molecule has 1 aliphatic heterocycles. The quantitative estimate of drug-likeness (QED) is 0.745. The first-order valence-corrected chi connectivity index (χ1v) is 9.48.